The van der Waals surface area contributed by atoms with Gasteiger partial charge in [0.15, 0.2) is 0 Å². The molecule has 0 bridgehead atoms. The summed E-state index contributed by atoms with van der Waals surface area (Å²) in [6, 6.07) is 6.68. The average molecular weight is 291 g/mol. The zero-order valence-electron chi connectivity index (χ0n) is 11.4. The second-order valence-electron chi connectivity index (χ2n) is 4.59. The molecule has 106 valence electrons. The van der Waals surface area contributed by atoms with Gasteiger partial charge in [-0.1, -0.05) is 6.07 Å². The van der Waals surface area contributed by atoms with E-state index in [0.717, 1.165) is 16.7 Å². The van der Waals surface area contributed by atoms with Crippen molar-refractivity contribution in [2.24, 2.45) is 5.73 Å². The van der Waals surface area contributed by atoms with Crippen LogP contribution in [-0.4, -0.2) is 13.4 Å². The molecule has 0 fully saturated rings. The Hall–Kier alpha value is -1.92. The molecule has 6 heteroatoms. The molecule has 2 aromatic rings. The maximum Gasteiger partial charge on any atom is 0.261 e. The second-order valence-corrected chi connectivity index (χ2v) is 6.27. The highest BCUT2D eigenvalue weighted by Gasteiger charge is 2.16. The van der Waals surface area contributed by atoms with Crippen LogP contribution in [0.25, 0.3) is 0 Å². The molecule has 1 aromatic carbocycles. The molecule has 20 heavy (non-hydrogen) atoms. The highest BCUT2D eigenvalue weighted by atomic mass is 32.2. The van der Waals surface area contributed by atoms with Gasteiger partial charge in [-0.2, -0.15) is 0 Å². The van der Waals surface area contributed by atoms with Gasteiger partial charge in [-0.05, 0) is 48.7 Å². The normalized spacial score (nSPS) is 11.3. The van der Waals surface area contributed by atoms with Gasteiger partial charge in [0.1, 0.15) is 0 Å². The minimum absolute atomic E-state index is 0.201. The fourth-order valence-electron chi connectivity index (χ4n) is 1.81. The quantitative estimate of drug-likeness (QED) is 0.901. The van der Waals surface area contributed by atoms with Crippen molar-refractivity contribution in [2.45, 2.75) is 25.3 Å². The Morgan fingerprint density at radius 1 is 1.20 bits per heavy atom. The molecule has 0 aliphatic rings. The Bertz CT molecular complexity index is 727. The van der Waals surface area contributed by atoms with Gasteiger partial charge in [-0.25, -0.2) is 8.42 Å². The minimum Gasteiger partial charge on any atom is -0.326 e. The van der Waals surface area contributed by atoms with E-state index in [1.54, 1.807) is 30.5 Å². The first-order valence-corrected chi connectivity index (χ1v) is 7.65. The highest BCUT2D eigenvalue weighted by molar-refractivity contribution is 7.92. The zero-order valence-corrected chi connectivity index (χ0v) is 12.2. The lowest BCUT2D eigenvalue weighted by Crippen LogP contribution is -2.15. The summed E-state index contributed by atoms with van der Waals surface area (Å²) in [5.74, 6) is 0. The van der Waals surface area contributed by atoms with Crippen LogP contribution in [0.5, 0.6) is 0 Å². The van der Waals surface area contributed by atoms with Crippen LogP contribution in [0.15, 0.2) is 41.6 Å². The number of nitrogens with zero attached hydrogens (tertiary/aromatic N) is 1. The maximum absolute atomic E-state index is 12.4. The third-order valence-electron chi connectivity index (χ3n) is 3.13. The lowest BCUT2D eigenvalue weighted by molar-refractivity contribution is 0.601. The number of aromatic nitrogens is 1. The third kappa shape index (κ3) is 2.97. The van der Waals surface area contributed by atoms with E-state index in [0.29, 0.717) is 12.2 Å². The van der Waals surface area contributed by atoms with Gasteiger partial charge >= 0.3 is 0 Å². The van der Waals surface area contributed by atoms with Crippen LogP contribution < -0.4 is 10.5 Å². The molecule has 1 heterocycles. The number of pyridine rings is 1. The van der Waals surface area contributed by atoms with Crippen molar-refractivity contribution < 1.29 is 8.42 Å². The molecule has 0 aliphatic carbocycles. The van der Waals surface area contributed by atoms with E-state index in [9.17, 15) is 8.42 Å². The van der Waals surface area contributed by atoms with Gasteiger partial charge in [0.2, 0.25) is 0 Å². The van der Waals surface area contributed by atoms with E-state index < -0.39 is 10.0 Å². The van der Waals surface area contributed by atoms with Crippen molar-refractivity contribution in [1.29, 1.82) is 0 Å². The first kappa shape index (κ1) is 14.5. The number of nitrogens with two attached hydrogens (primary N) is 1. The smallest absolute Gasteiger partial charge is 0.261 e. The molecule has 3 N–H and O–H groups in total. The summed E-state index contributed by atoms with van der Waals surface area (Å²) in [5.41, 5.74) is 8.69. The van der Waals surface area contributed by atoms with Crippen LogP contribution in [0, 0.1) is 13.8 Å². The number of anilines is 1. The summed E-state index contributed by atoms with van der Waals surface area (Å²) in [5, 5.41) is 0. The molecular weight excluding hydrogens is 274 g/mol. The van der Waals surface area contributed by atoms with Crippen LogP contribution in [0.4, 0.5) is 5.69 Å². The summed E-state index contributed by atoms with van der Waals surface area (Å²) >= 11 is 0. The third-order valence-corrected chi connectivity index (χ3v) is 4.50. The van der Waals surface area contributed by atoms with Crippen molar-refractivity contribution >= 4 is 15.7 Å². The van der Waals surface area contributed by atoms with Gasteiger partial charge in [-0.3, -0.25) is 9.71 Å². The largest absolute Gasteiger partial charge is 0.326 e. The number of hydrogen-bond donors (Lipinski definition) is 2. The molecule has 0 amide bonds. The van der Waals surface area contributed by atoms with E-state index in [1.165, 1.54) is 6.20 Å². The number of sulfonamides is 1. The summed E-state index contributed by atoms with van der Waals surface area (Å²) < 4.78 is 27.2. The monoisotopic (exact) mass is 291 g/mol. The van der Waals surface area contributed by atoms with Gasteiger partial charge in [0.05, 0.1) is 16.8 Å². The molecule has 0 saturated carbocycles. The molecule has 0 spiro atoms. The minimum atomic E-state index is -3.63. The van der Waals surface area contributed by atoms with E-state index in [4.69, 9.17) is 5.73 Å². The van der Waals surface area contributed by atoms with E-state index in [1.807, 2.05) is 13.8 Å². The van der Waals surface area contributed by atoms with Crippen molar-refractivity contribution in [1.82, 2.24) is 4.98 Å². The van der Waals surface area contributed by atoms with Crippen molar-refractivity contribution in [3.63, 3.8) is 0 Å². The van der Waals surface area contributed by atoms with E-state index in [2.05, 4.69) is 9.71 Å². The molecule has 0 saturated heterocycles. The van der Waals surface area contributed by atoms with Gasteiger partial charge in [-0.15, -0.1) is 0 Å². The molecule has 2 rings (SSSR count). The standard InChI is InChI=1S/C14H17N3O2S/c1-10-3-4-13(7-12(10)8-15)20(18,19)17-14-9-16-6-5-11(14)2/h3-7,9,17H,8,15H2,1-2H3. The number of nitrogens with one attached hydrogen (secondary N) is 1. The molecule has 0 radical (unpaired) electrons. The highest BCUT2D eigenvalue weighted by Crippen LogP contribution is 2.20. The lowest BCUT2D eigenvalue weighted by Gasteiger charge is -2.11. The van der Waals surface area contributed by atoms with Crippen LogP contribution in [0.1, 0.15) is 16.7 Å². The fourth-order valence-corrected chi connectivity index (χ4v) is 2.98. The van der Waals surface area contributed by atoms with Crippen LogP contribution in [0.3, 0.4) is 0 Å². The SMILES string of the molecule is Cc1ccc(S(=O)(=O)Nc2cnccc2C)cc1CN. The van der Waals surface area contributed by atoms with Gasteiger partial charge < -0.3 is 5.73 Å². The molecule has 5 nitrogen and oxygen atoms in total. The van der Waals surface area contributed by atoms with Crippen molar-refractivity contribution in [3.05, 3.63) is 53.3 Å². The van der Waals surface area contributed by atoms with Crippen LogP contribution in [-0.2, 0) is 16.6 Å². The summed E-state index contributed by atoms with van der Waals surface area (Å²) in [6.45, 7) is 4.03. The molecule has 0 aliphatic heterocycles. The lowest BCUT2D eigenvalue weighted by atomic mass is 10.1. The van der Waals surface area contributed by atoms with Crippen LogP contribution in [0.2, 0.25) is 0 Å². The fraction of sp³-hybridized carbons (Fsp3) is 0.214. The predicted octanol–water partition coefficient (Wildman–Crippen LogP) is 1.96. The summed E-state index contributed by atoms with van der Waals surface area (Å²) in [6.07, 6.45) is 3.11. The molecule has 0 unspecified atom stereocenters. The molecular formula is C14H17N3O2S. The van der Waals surface area contributed by atoms with E-state index >= 15 is 0 Å². The van der Waals surface area contributed by atoms with Crippen molar-refractivity contribution in [2.75, 3.05) is 4.72 Å². The van der Waals surface area contributed by atoms with Gasteiger partial charge in [0.25, 0.3) is 10.0 Å². The Morgan fingerprint density at radius 3 is 2.60 bits per heavy atom. The maximum atomic E-state index is 12.4. The van der Waals surface area contributed by atoms with E-state index in [-0.39, 0.29) is 4.90 Å². The predicted molar refractivity (Wildman–Crippen MR) is 78.9 cm³/mol. The molecule has 0 atom stereocenters. The Kier molecular flexibility index (Phi) is 4.06. The zero-order chi connectivity index (χ0) is 14.8. The topological polar surface area (TPSA) is 85.1 Å². The Balaban J connectivity index is 2.38. The number of aryl methyl sites for hydroxylation is 2. The Labute approximate surface area is 118 Å². The first-order chi connectivity index (χ1) is 9.44. The Morgan fingerprint density at radius 2 is 1.95 bits per heavy atom. The number of rotatable bonds is 4. The molecule has 1 aromatic heterocycles. The second kappa shape index (κ2) is 5.60. The average Bonchev–Trinajstić information content (AvgIpc) is 2.41. The van der Waals surface area contributed by atoms with Crippen LogP contribution >= 0.6 is 0 Å². The van der Waals surface area contributed by atoms with Crippen molar-refractivity contribution in [3.8, 4) is 0 Å². The first-order valence-electron chi connectivity index (χ1n) is 6.17. The summed E-state index contributed by atoms with van der Waals surface area (Å²) in [4.78, 5) is 4.12. The summed E-state index contributed by atoms with van der Waals surface area (Å²) in [7, 11) is -3.63. The van der Waals surface area contributed by atoms with Gasteiger partial charge in [0, 0.05) is 12.7 Å². The number of benzene rings is 1. The number of hydrogen-bond acceptors (Lipinski definition) is 4.